The molecule has 0 aliphatic rings. The number of carbonyl (C=O) groups is 1. The number of nitrogens with one attached hydrogen (secondary N) is 1. The molecule has 0 aliphatic heterocycles. The van der Waals surface area contributed by atoms with E-state index in [0.717, 1.165) is 5.56 Å². The fraction of sp³-hybridized carbons (Fsp3) is 0.250. The smallest absolute Gasteiger partial charge is 0.309 e. The minimum absolute atomic E-state index is 0.107. The summed E-state index contributed by atoms with van der Waals surface area (Å²) in [5, 5.41) is 0.501. The summed E-state index contributed by atoms with van der Waals surface area (Å²) in [6.07, 6.45) is -0.546. The second-order valence-electron chi connectivity index (χ2n) is 6.01. The number of aromatic amines is 1. The third kappa shape index (κ3) is 4.27. The first-order valence-corrected chi connectivity index (χ1v) is 8.41. The molecule has 0 bridgehead atoms. The van der Waals surface area contributed by atoms with Gasteiger partial charge in [-0.05, 0) is 38.1 Å². The van der Waals surface area contributed by atoms with Crippen molar-refractivity contribution in [1.29, 1.82) is 0 Å². The van der Waals surface area contributed by atoms with Crippen LogP contribution >= 0.6 is 0 Å². The Morgan fingerprint density at radius 3 is 2.65 bits per heavy atom. The van der Waals surface area contributed by atoms with Gasteiger partial charge in [0.25, 0.3) is 5.56 Å². The molecule has 3 rings (SSSR count). The monoisotopic (exact) mass is 352 g/mol. The van der Waals surface area contributed by atoms with E-state index in [1.165, 1.54) is 0 Å². The number of hydrogen-bond donors (Lipinski definition) is 1. The lowest BCUT2D eigenvalue weighted by Gasteiger charge is -2.13. The Labute approximate surface area is 150 Å². The Kier molecular flexibility index (Phi) is 5.31. The van der Waals surface area contributed by atoms with E-state index in [2.05, 4.69) is 9.97 Å². The largest absolute Gasteiger partial charge is 0.493 e. The Hall–Kier alpha value is -3.15. The lowest BCUT2D eigenvalue weighted by molar-refractivity contribution is -0.149. The molecule has 6 heteroatoms. The molecule has 0 unspecified atom stereocenters. The fourth-order valence-electron chi connectivity index (χ4n) is 2.50. The lowest BCUT2D eigenvalue weighted by atomic mass is 10.2. The number of aryl methyl sites for hydroxylation is 1. The number of nitrogens with zero attached hydrogens (tertiary/aromatic N) is 1. The number of ether oxygens (including phenoxy) is 2. The van der Waals surface area contributed by atoms with Gasteiger partial charge in [0.05, 0.1) is 23.9 Å². The minimum Gasteiger partial charge on any atom is -0.493 e. The summed E-state index contributed by atoms with van der Waals surface area (Å²) in [5.74, 6) is 0.610. The third-order valence-electron chi connectivity index (χ3n) is 3.92. The molecule has 0 amide bonds. The van der Waals surface area contributed by atoms with E-state index < -0.39 is 12.1 Å². The van der Waals surface area contributed by atoms with E-state index in [0.29, 0.717) is 22.5 Å². The van der Waals surface area contributed by atoms with Crippen molar-refractivity contribution in [2.45, 2.75) is 26.4 Å². The number of para-hydroxylation sites is 1. The number of carbonyl (C=O) groups excluding carboxylic acids is 1. The van der Waals surface area contributed by atoms with Crippen molar-refractivity contribution in [2.75, 3.05) is 6.61 Å². The zero-order chi connectivity index (χ0) is 18.5. The number of hydrogen-bond acceptors (Lipinski definition) is 5. The first kappa shape index (κ1) is 17.7. The first-order valence-electron chi connectivity index (χ1n) is 8.41. The molecule has 1 aromatic heterocycles. The summed E-state index contributed by atoms with van der Waals surface area (Å²) in [6, 6.07) is 14.6. The molecule has 0 aliphatic carbocycles. The highest BCUT2D eigenvalue weighted by Crippen LogP contribution is 2.16. The van der Waals surface area contributed by atoms with Crippen LogP contribution in [0.2, 0.25) is 0 Å². The average Bonchev–Trinajstić information content (AvgIpc) is 2.63. The normalized spacial score (nSPS) is 11.9. The van der Waals surface area contributed by atoms with Crippen molar-refractivity contribution in [2.24, 2.45) is 0 Å². The summed E-state index contributed by atoms with van der Waals surface area (Å²) in [7, 11) is 0. The van der Waals surface area contributed by atoms with Crippen molar-refractivity contribution in [3.8, 4) is 5.75 Å². The topological polar surface area (TPSA) is 81.3 Å². The highest BCUT2D eigenvalue weighted by molar-refractivity contribution is 5.77. The molecule has 26 heavy (non-hydrogen) atoms. The van der Waals surface area contributed by atoms with Gasteiger partial charge in [0, 0.05) is 0 Å². The van der Waals surface area contributed by atoms with Gasteiger partial charge >= 0.3 is 5.97 Å². The Morgan fingerprint density at radius 2 is 1.88 bits per heavy atom. The summed E-state index contributed by atoms with van der Waals surface area (Å²) in [4.78, 5) is 31.1. The SMILES string of the molecule is Cc1ccc(OCCC(=O)O[C@H](C)c2nc3ccccc3c(=O)[nH]2)cc1. The highest BCUT2D eigenvalue weighted by Gasteiger charge is 2.15. The highest BCUT2D eigenvalue weighted by atomic mass is 16.5. The molecule has 0 radical (unpaired) electrons. The predicted octanol–water partition coefficient (Wildman–Crippen LogP) is 3.30. The van der Waals surface area contributed by atoms with Crippen molar-refractivity contribution >= 4 is 16.9 Å². The molecule has 1 heterocycles. The molecule has 3 aromatic rings. The van der Waals surface area contributed by atoms with Gasteiger partial charge in [-0.1, -0.05) is 29.8 Å². The van der Waals surface area contributed by atoms with Crippen LogP contribution in [0.15, 0.2) is 53.3 Å². The molecule has 134 valence electrons. The van der Waals surface area contributed by atoms with Gasteiger partial charge < -0.3 is 14.5 Å². The van der Waals surface area contributed by atoms with Crippen molar-refractivity contribution in [3.05, 3.63) is 70.3 Å². The van der Waals surface area contributed by atoms with E-state index in [1.807, 2.05) is 31.2 Å². The maximum absolute atomic E-state index is 12.1. The molecule has 0 saturated heterocycles. The molecule has 0 saturated carbocycles. The molecule has 1 N–H and O–H groups in total. The summed E-state index contributed by atoms with van der Waals surface area (Å²) < 4.78 is 10.9. The standard InChI is InChI=1S/C20H20N2O4/c1-13-7-9-15(10-8-13)25-12-11-18(23)26-14(2)19-21-17-6-4-3-5-16(17)20(24)22-19/h3-10,14H,11-12H2,1-2H3,(H,21,22,24)/t14-/m1/s1. The Balaban J connectivity index is 1.57. The van der Waals surface area contributed by atoms with Gasteiger partial charge in [0.1, 0.15) is 5.75 Å². The zero-order valence-corrected chi connectivity index (χ0v) is 14.7. The second kappa shape index (κ2) is 7.82. The lowest BCUT2D eigenvalue weighted by Crippen LogP contribution is -2.18. The van der Waals surface area contributed by atoms with E-state index in [4.69, 9.17) is 9.47 Å². The second-order valence-corrected chi connectivity index (χ2v) is 6.01. The number of benzene rings is 2. The van der Waals surface area contributed by atoms with Gasteiger partial charge in [-0.3, -0.25) is 9.59 Å². The van der Waals surface area contributed by atoms with E-state index in [-0.39, 0.29) is 18.6 Å². The Bertz CT molecular complexity index is 963. The van der Waals surface area contributed by atoms with Crippen LogP contribution < -0.4 is 10.3 Å². The van der Waals surface area contributed by atoms with Gasteiger partial charge in [0.15, 0.2) is 11.9 Å². The minimum atomic E-state index is -0.654. The van der Waals surface area contributed by atoms with Gasteiger partial charge in [-0.2, -0.15) is 0 Å². The molecule has 0 fully saturated rings. The fourth-order valence-corrected chi connectivity index (χ4v) is 2.50. The third-order valence-corrected chi connectivity index (χ3v) is 3.92. The van der Waals surface area contributed by atoms with Crippen LogP contribution in [0.25, 0.3) is 10.9 Å². The van der Waals surface area contributed by atoms with Crippen molar-refractivity contribution < 1.29 is 14.3 Å². The zero-order valence-electron chi connectivity index (χ0n) is 14.7. The molecule has 6 nitrogen and oxygen atoms in total. The number of fused-ring (bicyclic) bond motifs is 1. The van der Waals surface area contributed by atoms with Crippen LogP contribution in [0.3, 0.4) is 0 Å². The van der Waals surface area contributed by atoms with E-state index in [1.54, 1.807) is 31.2 Å². The molecular weight excluding hydrogens is 332 g/mol. The molecule has 0 spiro atoms. The summed E-state index contributed by atoms with van der Waals surface area (Å²) in [6.45, 7) is 3.88. The Morgan fingerprint density at radius 1 is 1.15 bits per heavy atom. The molecular formula is C20H20N2O4. The number of esters is 1. The number of rotatable bonds is 6. The van der Waals surface area contributed by atoms with Crippen LogP contribution in [-0.2, 0) is 9.53 Å². The van der Waals surface area contributed by atoms with E-state index in [9.17, 15) is 9.59 Å². The quantitative estimate of drug-likeness (QED) is 0.688. The first-order chi connectivity index (χ1) is 12.5. The maximum atomic E-state index is 12.1. The van der Waals surface area contributed by atoms with Crippen LogP contribution in [-0.4, -0.2) is 22.5 Å². The molecule has 2 aromatic carbocycles. The van der Waals surface area contributed by atoms with Crippen molar-refractivity contribution in [1.82, 2.24) is 9.97 Å². The van der Waals surface area contributed by atoms with Gasteiger partial charge in [-0.15, -0.1) is 0 Å². The summed E-state index contributed by atoms with van der Waals surface area (Å²) >= 11 is 0. The van der Waals surface area contributed by atoms with Crippen LogP contribution in [0.4, 0.5) is 0 Å². The maximum Gasteiger partial charge on any atom is 0.309 e. The predicted molar refractivity (Wildman–Crippen MR) is 98.2 cm³/mol. The van der Waals surface area contributed by atoms with E-state index >= 15 is 0 Å². The van der Waals surface area contributed by atoms with Gasteiger partial charge in [-0.25, -0.2) is 4.98 Å². The van der Waals surface area contributed by atoms with Crippen LogP contribution in [0, 0.1) is 6.92 Å². The molecule has 1 atom stereocenters. The number of aromatic nitrogens is 2. The number of H-pyrrole nitrogens is 1. The van der Waals surface area contributed by atoms with Gasteiger partial charge in [0.2, 0.25) is 0 Å². The van der Waals surface area contributed by atoms with Crippen LogP contribution in [0.1, 0.15) is 30.8 Å². The average molecular weight is 352 g/mol. The van der Waals surface area contributed by atoms with Crippen LogP contribution in [0.5, 0.6) is 5.75 Å². The summed E-state index contributed by atoms with van der Waals surface area (Å²) in [5.41, 5.74) is 1.45. The van der Waals surface area contributed by atoms with Crippen molar-refractivity contribution in [3.63, 3.8) is 0 Å².